The van der Waals surface area contributed by atoms with Crippen LogP contribution < -0.4 is 0 Å². The van der Waals surface area contributed by atoms with Crippen LogP contribution in [0.2, 0.25) is 0 Å². The third kappa shape index (κ3) is 4.25. The monoisotopic (exact) mass is 343 g/mol. The van der Waals surface area contributed by atoms with Crippen LogP contribution in [-0.2, 0) is 9.53 Å². The van der Waals surface area contributed by atoms with E-state index in [-0.39, 0.29) is 17.7 Å². The van der Waals surface area contributed by atoms with Crippen molar-refractivity contribution in [2.24, 2.45) is 0 Å². The van der Waals surface area contributed by atoms with Crippen LogP contribution in [0.3, 0.4) is 0 Å². The maximum Gasteiger partial charge on any atom is 0.201 e. The van der Waals surface area contributed by atoms with Gasteiger partial charge in [-0.2, -0.15) is 0 Å². The van der Waals surface area contributed by atoms with Crippen LogP contribution in [0.25, 0.3) is 0 Å². The number of Topliss-reactive ketones (excluding diaryl/α,β-unsaturated/α-hetero) is 2. The molecule has 1 aromatic carbocycles. The van der Waals surface area contributed by atoms with Crippen LogP contribution in [0.5, 0.6) is 0 Å². The topological polar surface area (TPSA) is 46.6 Å². The molecule has 0 aliphatic heterocycles. The lowest BCUT2D eigenvalue weighted by atomic mass is 10.0. The first-order valence-electron chi connectivity index (χ1n) is 5.77. The van der Waals surface area contributed by atoms with Crippen molar-refractivity contribution in [2.45, 2.75) is 0 Å². The SMILES string of the molecule is COCC(=O)/C(=C/N(C)C)C(=O)c1ccc(Br)cc1F. The van der Waals surface area contributed by atoms with Crippen LogP contribution >= 0.6 is 15.9 Å². The van der Waals surface area contributed by atoms with Crippen LogP contribution in [0, 0.1) is 5.82 Å². The smallest absolute Gasteiger partial charge is 0.201 e. The first-order chi connectivity index (χ1) is 9.36. The van der Waals surface area contributed by atoms with Gasteiger partial charge in [-0.3, -0.25) is 9.59 Å². The van der Waals surface area contributed by atoms with E-state index in [9.17, 15) is 14.0 Å². The van der Waals surface area contributed by atoms with E-state index in [0.29, 0.717) is 4.47 Å². The summed E-state index contributed by atoms with van der Waals surface area (Å²) in [4.78, 5) is 25.8. The molecule has 4 nitrogen and oxygen atoms in total. The van der Waals surface area contributed by atoms with E-state index in [1.807, 2.05) is 0 Å². The van der Waals surface area contributed by atoms with E-state index >= 15 is 0 Å². The lowest BCUT2D eigenvalue weighted by Crippen LogP contribution is -2.21. The molecule has 108 valence electrons. The van der Waals surface area contributed by atoms with Crippen molar-refractivity contribution >= 4 is 27.5 Å². The Morgan fingerprint density at radius 2 is 2.05 bits per heavy atom. The third-order valence-electron chi connectivity index (χ3n) is 2.38. The summed E-state index contributed by atoms with van der Waals surface area (Å²) in [5, 5.41) is 0. The van der Waals surface area contributed by atoms with Gasteiger partial charge in [0.25, 0.3) is 0 Å². The second-order valence-electron chi connectivity index (χ2n) is 4.32. The number of benzene rings is 1. The van der Waals surface area contributed by atoms with Crippen LogP contribution in [0.15, 0.2) is 34.4 Å². The average molecular weight is 344 g/mol. The zero-order valence-electron chi connectivity index (χ0n) is 11.4. The Hall–Kier alpha value is -1.53. The van der Waals surface area contributed by atoms with Crippen molar-refractivity contribution < 1.29 is 18.7 Å². The molecular weight excluding hydrogens is 329 g/mol. The quantitative estimate of drug-likeness (QED) is 0.344. The Morgan fingerprint density at radius 3 is 2.55 bits per heavy atom. The van der Waals surface area contributed by atoms with Gasteiger partial charge in [-0.15, -0.1) is 0 Å². The summed E-state index contributed by atoms with van der Waals surface area (Å²) in [6.07, 6.45) is 1.37. The lowest BCUT2D eigenvalue weighted by Gasteiger charge is -2.11. The second kappa shape index (κ2) is 7.31. The zero-order chi connectivity index (χ0) is 15.3. The van der Waals surface area contributed by atoms with E-state index in [2.05, 4.69) is 15.9 Å². The Balaban J connectivity index is 3.20. The van der Waals surface area contributed by atoms with Crippen molar-refractivity contribution in [1.82, 2.24) is 4.90 Å². The molecule has 0 saturated carbocycles. The molecule has 0 saturated heterocycles. The summed E-state index contributed by atoms with van der Waals surface area (Å²) in [6, 6.07) is 4.07. The minimum atomic E-state index is -0.681. The number of halogens is 2. The lowest BCUT2D eigenvalue weighted by molar-refractivity contribution is -0.118. The Labute approximate surface area is 125 Å². The number of hydrogen-bond donors (Lipinski definition) is 0. The molecule has 0 amide bonds. The summed E-state index contributed by atoms with van der Waals surface area (Å²) in [7, 11) is 4.70. The minimum Gasteiger partial charge on any atom is -0.383 e. The molecule has 0 bridgehead atoms. The van der Waals surface area contributed by atoms with Gasteiger partial charge in [-0.1, -0.05) is 15.9 Å². The first-order valence-corrected chi connectivity index (χ1v) is 6.56. The number of ketones is 2. The van der Waals surface area contributed by atoms with Crippen LogP contribution in [-0.4, -0.2) is 44.3 Å². The molecule has 0 radical (unpaired) electrons. The zero-order valence-corrected chi connectivity index (χ0v) is 13.0. The molecular formula is C14H15BrFNO3. The highest BCUT2D eigenvalue weighted by Gasteiger charge is 2.22. The molecule has 0 aliphatic carbocycles. The van der Waals surface area contributed by atoms with E-state index in [0.717, 1.165) is 0 Å². The van der Waals surface area contributed by atoms with Crippen LogP contribution in [0.1, 0.15) is 10.4 Å². The second-order valence-corrected chi connectivity index (χ2v) is 5.23. The number of carbonyl (C=O) groups excluding carboxylic acids is 2. The fraction of sp³-hybridized carbons (Fsp3) is 0.286. The Bertz CT molecular complexity index is 555. The van der Waals surface area contributed by atoms with Crippen molar-refractivity contribution in [3.8, 4) is 0 Å². The molecule has 6 heteroatoms. The maximum atomic E-state index is 13.8. The number of ether oxygens (including phenoxy) is 1. The fourth-order valence-corrected chi connectivity index (χ4v) is 1.88. The predicted molar refractivity (Wildman–Crippen MR) is 77.1 cm³/mol. The van der Waals surface area contributed by atoms with Gasteiger partial charge in [-0.05, 0) is 18.2 Å². The van der Waals surface area contributed by atoms with Crippen molar-refractivity contribution in [2.75, 3.05) is 27.8 Å². The molecule has 0 aromatic heterocycles. The third-order valence-corrected chi connectivity index (χ3v) is 2.88. The van der Waals surface area contributed by atoms with E-state index in [1.165, 1.54) is 25.4 Å². The first kappa shape index (κ1) is 16.5. The number of carbonyl (C=O) groups is 2. The van der Waals surface area contributed by atoms with E-state index < -0.39 is 17.4 Å². The molecule has 0 aliphatic rings. The Kier molecular flexibility index (Phi) is 6.04. The number of rotatable bonds is 6. The van der Waals surface area contributed by atoms with Crippen molar-refractivity contribution in [1.29, 1.82) is 0 Å². The van der Waals surface area contributed by atoms with E-state index in [1.54, 1.807) is 25.1 Å². The van der Waals surface area contributed by atoms with E-state index in [4.69, 9.17) is 4.74 Å². The minimum absolute atomic E-state index is 0.113. The van der Waals surface area contributed by atoms with Gasteiger partial charge in [0, 0.05) is 31.9 Å². The predicted octanol–water partition coefficient (Wildman–Crippen LogP) is 2.43. The number of hydrogen-bond acceptors (Lipinski definition) is 4. The summed E-state index contributed by atoms with van der Waals surface area (Å²) in [5.74, 6) is -1.83. The van der Waals surface area contributed by atoms with Gasteiger partial charge in [0.05, 0.1) is 11.1 Å². The Morgan fingerprint density at radius 1 is 1.40 bits per heavy atom. The van der Waals surface area contributed by atoms with Gasteiger partial charge in [0.1, 0.15) is 12.4 Å². The molecule has 1 aromatic rings. The maximum absolute atomic E-state index is 13.8. The standard InChI is InChI=1S/C14H15BrFNO3/c1-17(2)7-11(13(18)8-20-3)14(19)10-5-4-9(15)6-12(10)16/h4-7H,8H2,1-3H3/b11-7-. The highest BCUT2D eigenvalue weighted by molar-refractivity contribution is 9.10. The van der Waals surface area contributed by atoms with Gasteiger partial charge >= 0.3 is 0 Å². The molecule has 0 heterocycles. The summed E-state index contributed by atoms with van der Waals surface area (Å²) < 4.78 is 19.1. The molecule has 0 atom stereocenters. The normalized spacial score (nSPS) is 11.3. The van der Waals surface area contributed by atoms with Crippen LogP contribution in [0.4, 0.5) is 4.39 Å². The van der Waals surface area contributed by atoms with Gasteiger partial charge in [0.15, 0.2) is 5.78 Å². The molecule has 0 spiro atoms. The summed E-state index contributed by atoms with van der Waals surface area (Å²) >= 11 is 3.12. The molecule has 0 fully saturated rings. The number of methoxy groups -OCH3 is 1. The molecule has 1 rings (SSSR count). The van der Waals surface area contributed by atoms with Gasteiger partial charge < -0.3 is 9.64 Å². The molecule has 20 heavy (non-hydrogen) atoms. The summed E-state index contributed by atoms with van der Waals surface area (Å²) in [6.45, 7) is -0.233. The van der Waals surface area contributed by atoms with Gasteiger partial charge in [-0.25, -0.2) is 4.39 Å². The van der Waals surface area contributed by atoms with Crippen molar-refractivity contribution in [3.63, 3.8) is 0 Å². The largest absolute Gasteiger partial charge is 0.383 e. The average Bonchev–Trinajstić information content (AvgIpc) is 2.35. The molecule has 0 N–H and O–H groups in total. The highest BCUT2D eigenvalue weighted by atomic mass is 79.9. The highest BCUT2D eigenvalue weighted by Crippen LogP contribution is 2.19. The summed E-state index contributed by atoms with van der Waals surface area (Å²) in [5.41, 5.74) is -0.260. The van der Waals surface area contributed by atoms with Crippen molar-refractivity contribution in [3.05, 3.63) is 45.8 Å². The van der Waals surface area contributed by atoms with Gasteiger partial charge in [0.2, 0.25) is 5.78 Å². The molecule has 0 unspecified atom stereocenters. The number of nitrogens with zero attached hydrogens (tertiary/aromatic N) is 1. The fourth-order valence-electron chi connectivity index (χ4n) is 1.54.